The summed E-state index contributed by atoms with van der Waals surface area (Å²) in [5.74, 6) is -3.15. The van der Waals surface area contributed by atoms with Gasteiger partial charge in [-0.15, -0.1) is 0 Å². The van der Waals surface area contributed by atoms with E-state index in [4.69, 9.17) is 0 Å². The van der Waals surface area contributed by atoms with Crippen LogP contribution in [-0.2, 0) is 16.6 Å². The fourth-order valence-corrected chi connectivity index (χ4v) is 2.89. The second kappa shape index (κ2) is 6.24. The highest BCUT2D eigenvalue weighted by molar-refractivity contribution is 7.89. The highest BCUT2D eigenvalue weighted by Gasteiger charge is 2.36. The summed E-state index contributed by atoms with van der Waals surface area (Å²) >= 11 is 0. The van der Waals surface area contributed by atoms with E-state index >= 15 is 0 Å². The first-order valence-corrected chi connectivity index (χ1v) is 7.08. The molecule has 1 aromatic rings. The minimum Gasteiger partial charge on any atom is -0.316 e. The van der Waals surface area contributed by atoms with Crippen LogP contribution in [-0.4, -0.2) is 39.5 Å². The summed E-state index contributed by atoms with van der Waals surface area (Å²) in [5.41, 5.74) is 0.0929. The molecule has 21 heavy (non-hydrogen) atoms. The number of nitrogens with zero attached hydrogens (tertiary/aromatic N) is 1. The van der Waals surface area contributed by atoms with Crippen LogP contribution in [0.5, 0.6) is 0 Å². The number of alkyl halides is 3. The minimum absolute atomic E-state index is 0.0305. The zero-order valence-electron chi connectivity index (χ0n) is 11.1. The van der Waals surface area contributed by atoms with E-state index in [9.17, 15) is 30.4 Å². The summed E-state index contributed by atoms with van der Waals surface area (Å²) < 4.78 is 87.6. The molecule has 120 valence electrons. The zero-order chi connectivity index (χ0) is 16.4. The molecule has 0 spiro atoms. The van der Waals surface area contributed by atoms with E-state index in [1.54, 1.807) is 0 Å². The van der Waals surface area contributed by atoms with Crippen LogP contribution in [0, 0.1) is 11.6 Å². The van der Waals surface area contributed by atoms with Crippen LogP contribution in [0.2, 0.25) is 0 Å². The average molecular weight is 332 g/mol. The lowest BCUT2D eigenvalue weighted by Crippen LogP contribution is -2.36. The highest BCUT2D eigenvalue weighted by Crippen LogP contribution is 2.25. The quantitative estimate of drug-likeness (QED) is 0.838. The molecular formula is C11H13F5N2O2S. The van der Waals surface area contributed by atoms with E-state index in [1.807, 2.05) is 0 Å². The Kier molecular flexibility index (Phi) is 5.29. The van der Waals surface area contributed by atoms with E-state index in [0.29, 0.717) is 7.05 Å². The molecule has 0 unspecified atom stereocenters. The lowest BCUT2D eigenvalue weighted by molar-refractivity contribution is -0.134. The van der Waals surface area contributed by atoms with Gasteiger partial charge in [0.25, 0.3) is 0 Å². The SMILES string of the molecule is CNCc1cc(F)c(F)c(S(=O)(=O)N(C)CC(F)(F)F)c1. The number of hydrogen-bond donors (Lipinski definition) is 1. The molecule has 0 amide bonds. The highest BCUT2D eigenvalue weighted by atomic mass is 32.2. The van der Waals surface area contributed by atoms with Crippen molar-refractivity contribution in [3.8, 4) is 0 Å². The molecule has 0 saturated carbocycles. The first-order chi connectivity index (χ1) is 9.49. The van der Waals surface area contributed by atoms with E-state index < -0.39 is 39.3 Å². The number of rotatable bonds is 5. The molecule has 0 atom stereocenters. The van der Waals surface area contributed by atoms with Crippen molar-refractivity contribution in [3.05, 3.63) is 29.3 Å². The Morgan fingerprint density at radius 1 is 1.24 bits per heavy atom. The number of hydrogen-bond acceptors (Lipinski definition) is 3. The van der Waals surface area contributed by atoms with Gasteiger partial charge in [0.1, 0.15) is 11.4 Å². The van der Waals surface area contributed by atoms with Gasteiger partial charge >= 0.3 is 6.18 Å². The second-order valence-corrected chi connectivity index (χ2v) is 6.31. The van der Waals surface area contributed by atoms with Gasteiger partial charge in [-0.05, 0) is 24.7 Å². The molecule has 0 aliphatic carbocycles. The van der Waals surface area contributed by atoms with Gasteiger partial charge in [0, 0.05) is 13.6 Å². The Morgan fingerprint density at radius 3 is 2.29 bits per heavy atom. The van der Waals surface area contributed by atoms with Crippen molar-refractivity contribution in [1.29, 1.82) is 0 Å². The van der Waals surface area contributed by atoms with Gasteiger partial charge in [-0.2, -0.15) is 17.5 Å². The third kappa shape index (κ3) is 4.35. The van der Waals surface area contributed by atoms with Gasteiger partial charge in [0.15, 0.2) is 11.6 Å². The smallest absolute Gasteiger partial charge is 0.316 e. The molecular weight excluding hydrogens is 319 g/mol. The van der Waals surface area contributed by atoms with Crippen molar-refractivity contribution in [2.45, 2.75) is 17.6 Å². The predicted molar refractivity (Wildman–Crippen MR) is 65.0 cm³/mol. The van der Waals surface area contributed by atoms with E-state index in [-0.39, 0.29) is 16.4 Å². The topological polar surface area (TPSA) is 49.4 Å². The first-order valence-electron chi connectivity index (χ1n) is 5.64. The van der Waals surface area contributed by atoms with Gasteiger partial charge in [-0.3, -0.25) is 0 Å². The van der Waals surface area contributed by atoms with E-state index in [0.717, 1.165) is 12.1 Å². The fourth-order valence-electron chi connectivity index (χ4n) is 1.62. The van der Waals surface area contributed by atoms with Gasteiger partial charge < -0.3 is 5.32 Å². The van der Waals surface area contributed by atoms with Crippen LogP contribution in [0.4, 0.5) is 22.0 Å². The maximum atomic E-state index is 13.6. The Morgan fingerprint density at radius 2 is 1.81 bits per heavy atom. The largest absolute Gasteiger partial charge is 0.402 e. The number of sulfonamides is 1. The van der Waals surface area contributed by atoms with Crippen molar-refractivity contribution in [2.75, 3.05) is 20.6 Å². The van der Waals surface area contributed by atoms with E-state index in [2.05, 4.69) is 5.32 Å². The molecule has 0 saturated heterocycles. The van der Waals surface area contributed by atoms with Crippen LogP contribution >= 0.6 is 0 Å². The van der Waals surface area contributed by atoms with Crippen molar-refractivity contribution in [3.63, 3.8) is 0 Å². The normalized spacial score (nSPS) is 13.0. The van der Waals surface area contributed by atoms with Crippen LogP contribution < -0.4 is 5.32 Å². The molecule has 0 heterocycles. The third-order valence-corrected chi connectivity index (χ3v) is 4.33. The molecule has 0 fully saturated rings. The van der Waals surface area contributed by atoms with Crippen molar-refractivity contribution in [2.24, 2.45) is 0 Å². The van der Waals surface area contributed by atoms with Crippen LogP contribution in [0.3, 0.4) is 0 Å². The van der Waals surface area contributed by atoms with Gasteiger partial charge in [0.2, 0.25) is 10.0 Å². The first kappa shape index (κ1) is 17.8. The maximum absolute atomic E-state index is 13.6. The number of nitrogens with one attached hydrogen (secondary N) is 1. The molecule has 1 N–H and O–H groups in total. The Bertz CT molecular complexity index is 616. The average Bonchev–Trinajstić information content (AvgIpc) is 2.31. The van der Waals surface area contributed by atoms with Gasteiger partial charge in [-0.25, -0.2) is 17.2 Å². The number of halogens is 5. The summed E-state index contributed by atoms with van der Waals surface area (Å²) in [5, 5.41) is 2.60. The van der Waals surface area contributed by atoms with Crippen molar-refractivity contribution in [1.82, 2.24) is 9.62 Å². The lowest BCUT2D eigenvalue weighted by atomic mass is 10.2. The van der Waals surface area contributed by atoms with Crippen molar-refractivity contribution < 1.29 is 30.4 Å². The summed E-state index contributed by atoms with van der Waals surface area (Å²) in [6.07, 6.45) is -4.79. The fraction of sp³-hybridized carbons (Fsp3) is 0.455. The van der Waals surface area contributed by atoms with Crippen LogP contribution in [0.25, 0.3) is 0 Å². The Hall–Kier alpha value is -1.26. The van der Waals surface area contributed by atoms with Gasteiger partial charge in [-0.1, -0.05) is 0 Å². The molecule has 10 heteroatoms. The monoisotopic (exact) mass is 332 g/mol. The molecule has 0 aromatic heterocycles. The standard InChI is InChI=1S/C11H13F5N2O2S/c1-17-5-7-3-8(12)10(13)9(4-7)21(19,20)18(2)6-11(14,15)16/h3-4,17H,5-6H2,1-2H3. The molecule has 1 rings (SSSR count). The minimum atomic E-state index is -4.80. The maximum Gasteiger partial charge on any atom is 0.402 e. The summed E-state index contributed by atoms with van der Waals surface area (Å²) in [4.78, 5) is -1.13. The van der Waals surface area contributed by atoms with E-state index in [1.165, 1.54) is 7.05 Å². The molecule has 0 bridgehead atoms. The molecule has 1 aromatic carbocycles. The molecule has 0 aliphatic heterocycles. The lowest BCUT2D eigenvalue weighted by Gasteiger charge is -2.19. The zero-order valence-corrected chi connectivity index (χ0v) is 11.9. The summed E-state index contributed by atoms with van der Waals surface area (Å²) in [6, 6.07) is 1.58. The van der Waals surface area contributed by atoms with Crippen LogP contribution in [0.1, 0.15) is 5.56 Å². The predicted octanol–water partition coefficient (Wildman–Crippen LogP) is 1.87. The molecule has 4 nitrogen and oxygen atoms in total. The number of benzene rings is 1. The summed E-state index contributed by atoms with van der Waals surface area (Å²) in [6.45, 7) is -1.77. The second-order valence-electron chi connectivity index (χ2n) is 4.30. The third-order valence-electron chi connectivity index (χ3n) is 2.53. The van der Waals surface area contributed by atoms with Crippen LogP contribution in [0.15, 0.2) is 17.0 Å². The Labute approximate surface area is 118 Å². The van der Waals surface area contributed by atoms with Gasteiger partial charge in [0.05, 0.1) is 0 Å². The summed E-state index contributed by atoms with van der Waals surface area (Å²) in [7, 11) is -2.66. The Balaban J connectivity index is 3.30. The molecule has 0 radical (unpaired) electrons. The molecule has 0 aliphatic rings. The van der Waals surface area contributed by atoms with Crippen molar-refractivity contribution >= 4 is 10.0 Å².